The van der Waals surface area contributed by atoms with Crippen molar-refractivity contribution in [2.75, 3.05) is 19.5 Å². The predicted molar refractivity (Wildman–Crippen MR) is 96.9 cm³/mol. The summed E-state index contributed by atoms with van der Waals surface area (Å²) in [6.45, 7) is 5.22. The molecule has 0 fully saturated rings. The number of nitrogens with one attached hydrogen (secondary N) is 1. The molecule has 0 amide bonds. The first kappa shape index (κ1) is 16.8. The third-order valence-electron chi connectivity index (χ3n) is 3.92. The van der Waals surface area contributed by atoms with Crippen LogP contribution in [-0.4, -0.2) is 39.8 Å². The maximum absolute atomic E-state index is 12.5. The number of aromatic amines is 1. The highest BCUT2D eigenvalue weighted by atomic mass is 32.2. The standard InChI is InChI=1S/C18H21N3O2S/c1-12-10-14(13(2)19-12)17(22)11-24-18-20-15-6-4-5-7-16(15)21(18)8-9-23-3/h4-7,10,19H,8-9,11H2,1-3H3. The number of carbonyl (C=O) groups excluding carboxylic acids is 1. The van der Waals surface area contributed by atoms with Gasteiger partial charge in [0.1, 0.15) is 0 Å². The van der Waals surface area contributed by atoms with E-state index in [0.29, 0.717) is 12.4 Å². The quantitative estimate of drug-likeness (QED) is 0.526. The van der Waals surface area contributed by atoms with E-state index in [1.807, 2.05) is 44.2 Å². The van der Waals surface area contributed by atoms with Crippen LogP contribution in [-0.2, 0) is 11.3 Å². The van der Waals surface area contributed by atoms with Gasteiger partial charge in [0, 0.05) is 30.6 Å². The van der Waals surface area contributed by atoms with Crippen LogP contribution in [0.5, 0.6) is 0 Å². The molecule has 0 aliphatic heterocycles. The number of carbonyl (C=O) groups is 1. The van der Waals surface area contributed by atoms with Crippen LogP contribution in [0.3, 0.4) is 0 Å². The summed E-state index contributed by atoms with van der Waals surface area (Å²) in [5.41, 5.74) is 4.70. The van der Waals surface area contributed by atoms with Crippen molar-refractivity contribution in [1.82, 2.24) is 14.5 Å². The minimum absolute atomic E-state index is 0.118. The summed E-state index contributed by atoms with van der Waals surface area (Å²) in [6.07, 6.45) is 0. The number of nitrogens with zero attached hydrogens (tertiary/aromatic N) is 2. The second-order valence-corrected chi connectivity index (χ2v) is 6.67. The zero-order valence-corrected chi connectivity index (χ0v) is 14.9. The van der Waals surface area contributed by atoms with E-state index in [1.165, 1.54) is 11.8 Å². The van der Waals surface area contributed by atoms with E-state index in [1.54, 1.807) is 7.11 Å². The number of H-pyrrole nitrogens is 1. The summed E-state index contributed by atoms with van der Waals surface area (Å²) >= 11 is 1.48. The fourth-order valence-electron chi connectivity index (χ4n) is 2.78. The van der Waals surface area contributed by atoms with Crippen molar-refractivity contribution in [3.05, 3.63) is 47.3 Å². The molecule has 24 heavy (non-hydrogen) atoms. The normalized spacial score (nSPS) is 11.3. The monoisotopic (exact) mass is 343 g/mol. The van der Waals surface area contributed by atoms with E-state index >= 15 is 0 Å². The SMILES string of the molecule is COCCn1c(SCC(=O)c2cc(C)[nH]c2C)nc2ccccc21. The number of thioether (sulfide) groups is 1. The molecule has 0 aliphatic carbocycles. The van der Waals surface area contributed by atoms with Crippen LogP contribution < -0.4 is 0 Å². The molecule has 3 rings (SSSR count). The maximum atomic E-state index is 12.5. The van der Waals surface area contributed by atoms with Gasteiger partial charge in [-0.3, -0.25) is 4.79 Å². The highest BCUT2D eigenvalue weighted by Crippen LogP contribution is 2.25. The van der Waals surface area contributed by atoms with E-state index in [2.05, 4.69) is 14.5 Å². The van der Waals surface area contributed by atoms with Gasteiger partial charge in [-0.25, -0.2) is 4.98 Å². The number of Topliss-reactive ketones (excluding diaryl/α,β-unsaturated/α-hetero) is 1. The lowest BCUT2D eigenvalue weighted by atomic mass is 10.2. The van der Waals surface area contributed by atoms with E-state index in [4.69, 9.17) is 4.74 Å². The lowest BCUT2D eigenvalue weighted by molar-refractivity contribution is 0.102. The van der Waals surface area contributed by atoms with Crippen molar-refractivity contribution in [1.29, 1.82) is 0 Å². The molecule has 0 aliphatic rings. The molecule has 1 N–H and O–H groups in total. The Bertz CT molecular complexity index is 866. The Morgan fingerprint density at radius 1 is 1.33 bits per heavy atom. The van der Waals surface area contributed by atoms with Crippen LogP contribution in [0.1, 0.15) is 21.7 Å². The smallest absolute Gasteiger partial charge is 0.174 e. The average molecular weight is 343 g/mol. The Balaban J connectivity index is 1.81. The average Bonchev–Trinajstić information content (AvgIpc) is 3.10. The van der Waals surface area contributed by atoms with Crippen LogP contribution in [0, 0.1) is 13.8 Å². The maximum Gasteiger partial charge on any atom is 0.174 e. The Labute approximate surface area is 145 Å². The topological polar surface area (TPSA) is 59.9 Å². The Kier molecular flexibility index (Phi) is 5.06. The first-order valence-electron chi connectivity index (χ1n) is 7.86. The Hall–Kier alpha value is -2.05. The molecule has 126 valence electrons. The summed E-state index contributed by atoms with van der Waals surface area (Å²) < 4.78 is 7.32. The highest BCUT2D eigenvalue weighted by Gasteiger charge is 2.15. The zero-order valence-electron chi connectivity index (χ0n) is 14.1. The first-order valence-corrected chi connectivity index (χ1v) is 8.85. The molecular weight excluding hydrogens is 322 g/mol. The fourth-order valence-corrected chi connectivity index (χ4v) is 3.71. The van der Waals surface area contributed by atoms with Crippen molar-refractivity contribution in [3.8, 4) is 0 Å². The fraction of sp³-hybridized carbons (Fsp3) is 0.333. The molecule has 2 aromatic heterocycles. The van der Waals surface area contributed by atoms with Gasteiger partial charge in [-0.2, -0.15) is 0 Å². The number of hydrogen-bond donors (Lipinski definition) is 1. The molecule has 6 heteroatoms. The molecule has 2 heterocycles. The molecule has 0 unspecified atom stereocenters. The van der Waals surface area contributed by atoms with E-state index < -0.39 is 0 Å². The Morgan fingerprint density at radius 3 is 2.83 bits per heavy atom. The minimum atomic E-state index is 0.118. The molecule has 0 saturated carbocycles. The molecule has 0 bridgehead atoms. The van der Waals surface area contributed by atoms with Crippen molar-refractivity contribution in [2.45, 2.75) is 25.5 Å². The number of fused-ring (bicyclic) bond motifs is 1. The lowest BCUT2D eigenvalue weighted by Gasteiger charge is -2.08. The molecule has 3 aromatic rings. The predicted octanol–water partition coefficient (Wildman–Crippen LogP) is 3.60. The summed E-state index contributed by atoms with van der Waals surface area (Å²) in [5, 5.41) is 0.853. The van der Waals surface area contributed by atoms with Gasteiger partial charge in [-0.1, -0.05) is 23.9 Å². The van der Waals surface area contributed by atoms with Gasteiger partial charge in [0.2, 0.25) is 0 Å². The number of imidazole rings is 1. The third kappa shape index (κ3) is 3.39. The number of ether oxygens (including phenoxy) is 1. The van der Waals surface area contributed by atoms with Crippen LogP contribution in [0.15, 0.2) is 35.5 Å². The lowest BCUT2D eigenvalue weighted by Crippen LogP contribution is -2.08. The van der Waals surface area contributed by atoms with Crippen LogP contribution in [0.4, 0.5) is 0 Å². The number of methoxy groups -OCH3 is 1. The highest BCUT2D eigenvalue weighted by molar-refractivity contribution is 7.99. The molecule has 5 nitrogen and oxygen atoms in total. The second-order valence-electron chi connectivity index (χ2n) is 5.73. The van der Waals surface area contributed by atoms with E-state index in [-0.39, 0.29) is 5.78 Å². The van der Waals surface area contributed by atoms with Crippen LogP contribution >= 0.6 is 11.8 Å². The van der Waals surface area contributed by atoms with Crippen molar-refractivity contribution in [3.63, 3.8) is 0 Å². The van der Waals surface area contributed by atoms with Gasteiger partial charge < -0.3 is 14.3 Å². The largest absolute Gasteiger partial charge is 0.383 e. The van der Waals surface area contributed by atoms with Gasteiger partial charge in [-0.15, -0.1) is 0 Å². The number of benzene rings is 1. The number of rotatable bonds is 7. The van der Waals surface area contributed by atoms with Crippen molar-refractivity contribution in [2.24, 2.45) is 0 Å². The van der Waals surface area contributed by atoms with Gasteiger partial charge in [0.05, 0.1) is 23.4 Å². The molecule has 0 spiro atoms. The number of hydrogen-bond acceptors (Lipinski definition) is 4. The Morgan fingerprint density at radius 2 is 2.12 bits per heavy atom. The van der Waals surface area contributed by atoms with Crippen LogP contribution in [0.25, 0.3) is 11.0 Å². The van der Waals surface area contributed by atoms with Gasteiger partial charge >= 0.3 is 0 Å². The minimum Gasteiger partial charge on any atom is -0.383 e. The second kappa shape index (κ2) is 7.23. The van der Waals surface area contributed by atoms with Crippen molar-refractivity contribution >= 4 is 28.6 Å². The van der Waals surface area contributed by atoms with E-state index in [0.717, 1.165) is 39.7 Å². The van der Waals surface area contributed by atoms with E-state index in [9.17, 15) is 4.79 Å². The summed E-state index contributed by atoms with van der Waals surface area (Å²) in [5.74, 6) is 0.487. The van der Waals surface area contributed by atoms with Crippen molar-refractivity contribution < 1.29 is 9.53 Å². The van der Waals surface area contributed by atoms with Crippen LogP contribution in [0.2, 0.25) is 0 Å². The number of aryl methyl sites for hydroxylation is 2. The van der Waals surface area contributed by atoms with Gasteiger partial charge in [0.25, 0.3) is 0 Å². The van der Waals surface area contributed by atoms with Gasteiger partial charge in [-0.05, 0) is 32.0 Å². The zero-order chi connectivity index (χ0) is 17.1. The molecule has 0 atom stereocenters. The van der Waals surface area contributed by atoms with Gasteiger partial charge in [0.15, 0.2) is 10.9 Å². The summed E-state index contributed by atoms with van der Waals surface area (Å²) in [4.78, 5) is 20.3. The molecule has 0 radical (unpaired) electrons. The number of aromatic nitrogens is 3. The number of ketones is 1. The molecular formula is C18H21N3O2S. The molecule has 1 aromatic carbocycles. The number of para-hydroxylation sites is 2. The first-order chi connectivity index (χ1) is 11.6. The summed E-state index contributed by atoms with van der Waals surface area (Å²) in [7, 11) is 1.69. The molecule has 0 saturated heterocycles. The third-order valence-corrected chi connectivity index (χ3v) is 4.90. The summed E-state index contributed by atoms with van der Waals surface area (Å²) in [6, 6.07) is 9.92.